The molecule has 2 N–H and O–H groups in total. The van der Waals surface area contributed by atoms with Gasteiger partial charge >= 0.3 is 0 Å². The van der Waals surface area contributed by atoms with Gasteiger partial charge in [0.05, 0.1) is 30.6 Å². The van der Waals surface area contributed by atoms with Gasteiger partial charge in [-0.3, -0.25) is 0 Å². The molecular formula is C18H16Cl2N4O2. The number of hydrogen-bond donors (Lipinski definition) is 2. The molecule has 0 amide bonds. The van der Waals surface area contributed by atoms with Crippen molar-refractivity contribution in [2.45, 2.75) is 0 Å². The van der Waals surface area contributed by atoms with Gasteiger partial charge in [-0.25, -0.2) is 4.98 Å². The van der Waals surface area contributed by atoms with Crippen LogP contribution >= 0.6 is 23.2 Å². The minimum absolute atomic E-state index is 0.389. The molecule has 0 atom stereocenters. The van der Waals surface area contributed by atoms with Gasteiger partial charge in [-0.05, 0) is 36.4 Å². The van der Waals surface area contributed by atoms with Crippen LogP contribution in [0.2, 0.25) is 10.0 Å². The van der Waals surface area contributed by atoms with Crippen molar-refractivity contribution in [3.05, 3.63) is 58.7 Å². The molecule has 3 rings (SSSR count). The monoisotopic (exact) mass is 390 g/mol. The normalized spacial score (nSPS) is 10.3. The first-order chi connectivity index (χ1) is 12.6. The van der Waals surface area contributed by atoms with Crippen molar-refractivity contribution in [2.75, 3.05) is 24.9 Å². The summed E-state index contributed by atoms with van der Waals surface area (Å²) in [4.78, 5) is 8.66. The van der Waals surface area contributed by atoms with Crippen LogP contribution in [0.4, 0.5) is 23.1 Å². The lowest BCUT2D eigenvalue weighted by Crippen LogP contribution is -2.02. The second-order valence-corrected chi connectivity index (χ2v) is 6.05. The van der Waals surface area contributed by atoms with Gasteiger partial charge in [0.2, 0.25) is 5.95 Å². The van der Waals surface area contributed by atoms with E-state index in [9.17, 15) is 0 Å². The lowest BCUT2D eigenvalue weighted by atomic mass is 10.2. The predicted molar refractivity (Wildman–Crippen MR) is 105 cm³/mol. The highest BCUT2D eigenvalue weighted by Crippen LogP contribution is 2.31. The maximum Gasteiger partial charge on any atom is 0.229 e. The number of ether oxygens (including phenoxy) is 2. The number of methoxy groups -OCH3 is 2. The van der Waals surface area contributed by atoms with E-state index in [1.807, 2.05) is 6.07 Å². The molecule has 0 bridgehead atoms. The summed E-state index contributed by atoms with van der Waals surface area (Å²) in [6, 6.07) is 12.3. The Kier molecular flexibility index (Phi) is 5.65. The van der Waals surface area contributed by atoms with Crippen molar-refractivity contribution < 1.29 is 9.47 Å². The first-order valence-electron chi connectivity index (χ1n) is 7.63. The molecular weight excluding hydrogens is 375 g/mol. The molecule has 0 aliphatic carbocycles. The van der Waals surface area contributed by atoms with Crippen molar-refractivity contribution in [3.8, 4) is 11.5 Å². The first kappa shape index (κ1) is 18.1. The Morgan fingerprint density at radius 3 is 2.50 bits per heavy atom. The number of nitrogens with one attached hydrogen (secondary N) is 2. The Labute approximate surface area is 161 Å². The van der Waals surface area contributed by atoms with Gasteiger partial charge in [0.25, 0.3) is 0 Å². The molecule has 0 spiro atoms. The van der Waals surface area contributed by atoms with Crippen LogP contribution in [0.5, 0.6) is 11.5 Å². The van der Waals surface area contributed by atoms with Crippen LogP contribution < -0.4 is 20.1 Å². The quantitative estimate of drug-likeness (QED) is 0.595. The van der Waals surface area contributed by atoms with Crippen LogP contribution in [0.1, 0.15) is 0 Å². The molecule has 0 unspecified atom stereocenters. The number of benzene rings is 2. The largest absolute Gasteiger partial charge is 0.497 e. The molecule has 1 aromatic heterocycles. The molecule has 134 valence electrons. The second kappa shape index (κ2) is 8.12. The van der Waals surface area contributed by atoms with Gasteiger partial charge in [0, 0.05) is 17.3 Å². The van der Waals surface area contributed by atoms with Gasteiger partial charge < -0.3 is 20.1 Å². The summed E-state index contributed by atoms with van der Waals surface area (Å²) >= 11 is 12.2. The topological polar surface area (TPSA) is 68.3 Å². The number of halogens is 2. The SMILES string of the molecule is COc1ccc(OC)c(Nc2nccc(Nc3cc(Cl)ccc3Cl)n2)c1. The highest BCUT2D eigenvalue weighted by Gasteiger charge is 2.09. The third-order valence-electron chi connectivity index (χ3n) is 3.50. The molecule has 0 radical (unpaired) electrons. The molecule has 0 aliphatic heterocycles. The summed E-state index contributed by atoms with van der Waals surface area (Å²) in [6.45, 7) is 0. The summed E-state index contributed by atoms with van der Waals surface area (Å²) in [5.41, 5.74) is 1.34. The van der Waals surface area contributed by atoms with E-state index in [-0.39, 0.29) is 0 Å². The van der Waals surface area contributed by atoms with E-state index in [0.717, 1.165) is 0 Å². The Bertz CT molecular complexity index is 921. The molecule has 8 heteroatoms. The zero-order valence-corrected chi connectivity index (χ0v) is 15.6. The summed E-state index contributed by atoms with van der Waals surface area (Å²) in [5, 5.41) is 7.36. The van der Waals surface area contributed by atoms with Crippen LogP contribution in [0.3, 0.4) is 0 Å². The van der Waals surface area contributed by atoms with E-state index < -0.39 is 0 Å². The molecule has 6 nitrogen and oxygen atoms in total. The van der Waals surface area contributed by atoms with Crippen molar-refractivity contribution in [2.24, 2.45) is 0 Å². The van der Waals surface area contributed by atoms with Crippen LogP contribution in [-0.2, 0) is 0 Å². The minimum atomic E-state index is 0.389. The maximum atomic E-state index is 6.18. The molecule has 0 aliphatic rings. The van der Waals surface area contributed by atoms with E-state index in [1.54, 1.807) is 56.8 Å². The van der Waals surface area contributed by atoms with Crippen molar-refractivity contribution in [1.29, 1.82) is 0 Å². The lowest BCUT2D eigenvalue weighted by molar-refractivity contribution is 0.405. The number of anilines is 4. The van der Waals surface area contributed by atoms with E-state index in [4.69, 9.17) is 32.7 Å². The van der Waals surface area contributed by atoms with E-state index in [1.165, 1.54) is 0 Å². The van der Waals surface area contributed by atoms with Gasteiger partial charge in [0.15, 0.2) is 0 Å². The zero-order valence-electron chi connectivity index (χ0n) is 14.1. The minimum Gasteiger partial charge on any atom is -0.497 e. The summed E-state index contributed by atoms with van der Waals surface area (Å²) in [7, 11) is 3.19. The maximum absolute atomic E-state index is 6.18. The van der Waals surface area contributed by atoms with Gasteiger partial charge in [-0.2, -0.15) is 4.98 Å². The highest BCUT2D eigenvalue weighted by molar-refractivity contribution is 6.35. The Hall–Kier alpha value is -2.70. The standard InChI is InChI=1S/C18H16Cl2N4O2/c1-25-12-4-6-16(26-2)15(10-12)23-18-21-8-7-17(24-18)22-14-9-11(19)3-5-13(14)20/h3-10H,1-2H3,(H2,21,22,23,24). The van der Waals surface area contributed by atoms with E-state index in [0.29, 0.717) is 44.7 Å². The van der Waals surface area contributed by atoms with Gasteiger partial charge in [-0.1, -0.05) is 23.2 Å². The number of hydrogen-bond acceptors (Lipinski definition) is 6. The van der Waals surface area contributed by atoms with E-state index in [2.05, 4.69) is 20.6 Å². The number of rotatable bonds is 6. The predicted octanol–water partition coefficient (Wildman–Crippen LogP) is 5.29. The molecule has 0 fully saturated rings. The summed E-state index contributed by atoms with van der Waals surface area (Å²) in [6.07, 6.45) is 1.63. The fourth-order valence-electron chi connectivity index (χ4n) is 2.25. The molecule has 0 saturated heterocycles. The van der Waals surface area contributed by atoms with Gasteiger partial charge in [-0.15, -0.1) is 0 Å². The number of nitrogens with zero attached hydrogens (tertiary/aromatic N) is 2. The Morgan fingerprint density at radius 2 is 1.73 bits per heavy atom. The lowest BCUT2D eigenvalue weighted by Gasteiger charge is -2.13. The molecule has 26 heavy (non-hydrogen) atoms. The molecule has 1 heterocycles. The molecule has 3 aromatic rings. The fraction of sp³-hybridized carbons (Fsp3) is 0.111. The van der Waals surface area contributed by atoms with E-state index >= 15 is 0 Å². The van der Waals surface area contributed by atoms with Gasteiger partial charge in [0.1, 0.15) is 17.3 Å². The average Bonchev–Trinajstić information content (AvgIpc) is 2.65. The molecule has 2 aromatic carbocycles. The highest BCUT2D eigenvalue weighted by atomic mass is 35.5. The zero-order chi connectivity index (χ0) is 18.5. The third-order valence-corrected chi connectivity index (χ3v) is 4.06. The Morgan fingerprint density at radius 1 is 0.885 bits per heavy atom. The first-order valence-corrected chi connectivity index (χ1v) is 8.39. The van der Waals surface area contributed by atoms with Crippen LogP contribution in [0.25, 0.3) is 0 Å². The van der Waals surface area contributed by atoms with Crippen molar-refractivity contribution >= 4 is 46.3 Å². The van der Waals surface area contributed by atoms with Crippen LogP contribution in [0, 0.1) is 0 Å². The fourth-order valence-corrected chi connectivity index (χ4v) is 2.59. The summed E-state index contributed by atoms with van der Waals surface area (Å²) < 4.78 is 10.6. The van der Waals surface area contributed by atoms with Crippen molar-refractivity contribution in [1.82, 2.24) is 9.97 Å². The summed E-state index contributed by atoms with van der Waals surface area (Å²) in [5.74, 6) is 2.28. The van der Waals surface area contributed by atoms with Crippen LogP contribution in [-0.4, -0.2) is 24.2 Å². The molecule has 0 saturated carbocycles. The average molecular weight is 391 g/mol. The number of aromatic nitrogens is 2. The second-order valence-electron chi connectivity index (χ2n) is 5.21. The third kappa shape index (κ3) is 4.28. The smallest absolute Gasteiger partial charge is 0.229 e. The van der Waals surface area contributed by atoms with Crippen LogP contribution in [0.15, 0.2) is 48.7 Å². The Balaban J connectivity index is 1.85. The van der Waals surface area contributed by atoms with Crippen molar-refractivity contribution in [3.63, 3.8) is 0 Å².